The van der Waals surface area contributed by atoms with Crippen LogP contribution in [-0.4, -0.2) is 12.3 Å². The molecule has 1 aromatic heterocycles. The van der Waals surface area contributed by atoms with Crippen molar-refractivity contribution in [1.29, 1.82) is 0 Å². The maximum Gasteiger partial charge on any atom is 0.252 e. The van der Waals surface area contributed by atoms with Gasteiger partial charge in [-0.15, -0.1) is 11.3 Å². The molecule has 208 valence electrons. The van der Waals surface area contributed by atoms with Gasteiger partial charge in [0.25, 0.3) is 6.71 Å². The molecule has 5 aromatic carbocycles. The van der Waals surface area contributed by atoms with E-state index < -0.39 is 0 Å². The van der Waals surface area contributed by atoms with Crippen LogP contribution in [0.2, 0.25) is 0 Å². The van der Waals surface area contributed by atoms with E-state index in [9.17, 15) is 0 Å². The molecule has 2 atom stereocenters. The maximum atomic E-state index is 2.82. The summed E-state index contributed by atoms with van der Waals surface area (Å²) in [6.07, 6.45) is 5.09. The van der Waals surface area contributed by atoms with Crippen molar-refractivity contribution in [2.24, 2.45) is 0 Å². The quantitative estimate of drug-likeness (QED) is 0.182. The van der Waals surface area contributed by atoms with Gasteiger partial charge in [0.15, 0.2) is 0 Å². The highest BCUT2D eigenvalue weighted by Gasteiger charge is 2.61. The lowest BCUT2D eigenvalue weighted by Crippen LogP contribution is -2.64. The first-order chi connectivity index (χ1) is 21.0. The van der Waals surface area contributed by atoms with Gasteiger partial charge in [-0.1, -0.05) is 86.5 Å². The van der Waals surface area contributed by atoms with Gasteiger partial charge in [-0.25, -0.2) is 0 Å². The summed E-state index contributed by atoms with van der Waals surface area (Å²) in [4.78, 5) is 5.42. The molecule has 0 radical (unpaired) electrons. The minimum atomic E-state index is 0.0590. The smallest absolute Gasteiger partial charge is 0.252 e. The zero-order chi connectivity index (χ0) is 28.7. The number of rotatable bonds is 1. The number of hydrogen-bond donors (Lipinski definition) is 0. The van der Waals surface area contributed by atoms with Crippen molar-refractivity contribution in [3.8, 4) is 0 Å². The summed E-state index contributed by atoms with van der Waals surface area (Å²) in [5, 5.41) is 2.72. The molecular formula is C39H33BN2S. The highest BCUT2D eigenvalue weighted by atomic mass is 32.1. The largest absolute Gasteiger partial charge is 0.335 e. The summed E-state index contributed by atoms with van der Waals surface area (Å²) in [6.45, 7) is 7.63. The molecule has 10 rings (SSSR count). The minimum Gasteiger partial charge on any atom is -0.335 e. The molecule has 43 heavy (non-hydrogen) atoms. The molecule has 1 saturated carbocycles. The van der Waals surface area contributed by atoms with Crippen LogP contribution in [0.25, 0.3) is 20.2 Å². The summed E-state index contributed by atoms with van der Waals surface area (Å²) in [5.41, 5.74) is 14.3. The Morgan fingerprint density at radius 1 is 0.721 bits per heavy atom. The van der Waals surface area contributed by atoms with E-state index >= 15 is 0 Å². The van der Waals surface area contributed by atoms with Crippen molar-refractivity contribution in [3.05, 3.63) is 108 Å². The standard InChI is InChI=1S/C39H33BN2S/c1-24-22-31-34-32(23-24)42-35-28(38(2)20-9-10-21-39(38,42)3)15-11-16-29(35)40(34)30-19-18-27-26-14-7-8-17-33(26)43-37(27)36(30)41(31)25-12-5-4-6-13-25/h4-8,11-19,22-23H,9-10,20-21H2,1-3H3. The van der Waals surface area contributed by atoms with Gasteiger partial charge >= 0.3 is 0 Å². The van der Waals surface area contributed by atoms with Gasteiger partial charge in [-0.3, -0.25) is 0 Å². The lowest BCUT2D eigenvalue weighted by atomic mass is 9.33. The molecule has 2 nitrogen and oxygen atoms in total. The van der Waals surface area contributed by atoms with E-state index in [2.05, 4.69) is 128 Å². The third kappa shape index (κ3) is 2.82. The van der Waals surface area contributed by atoms with Crippen molar-refractivity contribution in [1.82, 2.24) is 0 Å². The Labute approximate surface area is 257 Å². The number of aryl methyl sites for hydroxylation is 1. The average molecular weight is 573 g/mol. The molecular weight excluding hydrogens is 539 g/mol. The topological polar surface area (TPSA) is 6.48 Å². The molecule has 0 bridgehead atoms. The van der Waals surface area contributed by atoms with Crippen LogP contribution in [0.1, 0.15) is 50.7 Å². The van der Waals surface area contributed by atoms with Gasteiger partial charge in [0.1, 0.15) is 0 Å². The van der Waals surface area contributed by atoms with Crippen LogP contribution in [-0.2, 0) is 5.41 Å². The van der Waals surface area contributed by atoms with Gasteiger partial charge in [0.05, 0.1) is 15.9 Å². The average Bonchev–Trinajstić information content (AvgIpc) is 3.51. The second-order valence-corrected chi connectivity index (χ2v) is 14.7. The first-order valence-corrected chi connectivity index (χ1v) is 16.7. The molecule has 0 spiro atoms. The van der Waals surface area contributed by atoms with Crippen LogP contribution in [0.3, 0.4) is 0 Å². The molecule has 4 heterocycles. The molecule has 4 aliphatic rings. The van der Waals surface area contributed by atoms with Gasteiger partial charge in [-0.05, 0) is 84.5 Å². The van der Waals surface area contributed by atoms with E-state index in [0.29, 0.717) is 0 Å². The van der Waals surface area contributed by atoms with Crippen LogP contribution in [0.15, 0.2) is 97.1 Å². The van der Waals surface area contributed by atoms with Crippen LogP contribution < -0.4 is 26.2 Å². The zero-order valence-electron chi connectivity index (χ0n) is 24.9. The van der Waals surface area contributed by atoms with Crippen LogP contribution >= 0.6 is 11.3 Å². The van der Waals surface area contributed by atoms with E-state index in [1.165, 1.54) is 96.2 Å². The van der Waals surface area contributed by atoms with Crippen LogP contribution in [0, 0.1) is 6.92 Å². The number of hydrogen-bond acceptors (Lipinski definition) is 3. The molecule has 2 unspecified atom stereocenters. The van der Waals surface area contributed by atoms with Crippen molar-refractivity contribution in [2.45, 2.75) is 57.4 Å². The minimum absolute atomic E-state index is 0.0590. The molecule has 1 fully saturated rings. The Balaban J connectivity index is 1.38. The summed E-state index contributed by atoms with van der Waals surface area (Å²) >= 11 is 1.95. The molecule has 3 aliphatic heterocycles. The number of fused-ring (bicyclic) bond motifs is 11. The van der Waals surface area contributed by atoms with Crippen molar-refractivity contribution in [3.63, 3.8) is 0 Å². The Bertz CT molecular complexity index is 2170. The predicted molar refractivity (Wildman–Crippen MR) is 186 cm³/mol. The molecule has 6 aromatic rings. The Morgan fingerprint density at radius 2 is 1.49 bits per heavy atom. The first-order valence-electron chi connectivity index (χ1n) is 15.9. The zero-order valence-corrected chi connectivity index (χ0v) is 25.8. The summed E-state index contributed by atoms with van der Waals surface area (Å²) in [7, 11) is 0. The third-order valence-electron chi connectivity index (χ3n) is 11.6. The highest BCUT2D eigenvalue weighted by Crippen LogP contribution is 2.61. The van der Waals surface area contributed by atoms with Gasteiger partial charge in [0, 0.05) is 43.6 Å². The number of para-hydroxylation sites is 2. The van der Waals surface area contributed by atoms with Crippen LogP contribution in [0.4, 0.5) is 28.4 Å². The molecule has 1 aliphatic carbocycles. The monoisotopic (exact) mass is 572 g/mol. The van der Waals surface area contributed by atoms with E-state index in [-0.39, 0.29) is 17.7 Å². The molecule has 4 heteroatoms. The fourth-order valence-corrected chi connectivity index (χ4v) is 10.8. The normalized spacial score (nSPS) is 22.9. The van der Waals surface area contributed by atoms with Crippen molar-refractivity contribution < 1.29 is 0 Å². The Morgan fingerprint density at radius 3 is 2.37 bits per heavy atom. The summed E-state index contributed by atoms with van der Waals surface area (Å²) in [5.74, 6) is 0. The Kier molecular flexibility index (Phi) is 4.61. The lowest BCUT2D eigenvalue weighted by Gasteiger charge is -2.52. The van der Waals surface area contributed by atoms with E-state index in [0.717, 1.165) is 0 Å². The van der Waals surface area contributed by atoms with Gasteiger partial charge in [0.2, 0.25) is 0 Å². The second kappa shape index (κ2) is 8.12. The fourth-order valence-electron chi connectivity index (χ4n) is 9.52. The highest BCUT2D eigenvalue weighted by molar-refractivity contribution is 7.26. The van der Waals surface area contributed by atoms with E-state index in [1.54, 1.807) is 5.56 Å². The van der Waals surface area contributed by atoms with Crippen molar-refractivity contribution in [2.75, 3.05) is 9.80 Å². The van der Waals surface area contributed by atoms with Gasteiger partial charge in [-0.2, -0.15) is 0 Å². The SMILES string of the molecule is Cc1cc2c3c(c1)N1c4c(cccc4C4(C)CCCCC14C)B3c1ccc3c(sc4ccccc43)c1N2c1ccccc1. The number of nitrogens with zero attached hydrogens (tertiary/aromatic N) is 2. The first kappa shape index (κ1) is 24.4. The summed E-state index contributed by atoms with van der Waals surface area (Å²) < 4.78 is 2.74. The predicted octanol–water partition coefficient (Wildman–Crippen LogP) is 8.72. The van der Waals surface area contributed by atoms with E-state index in [1.807, 2.05) is 11.3 Å². The number of anilines is 5. The van der Waals surface area contributed by atoms with Gasteiger partial charge < -0.3 is 9.80 Å². The van der Waals surface area contributed by atoms with E-state index in [4.69, 9.17) is 0 Å². The second-order valence-electron chi connectivity index (χ2n) is 13.7. The summed E-state index contributed by atoms with van der Waals surface area (Å²) in [6, 6.07) is 37.1. The molecule has 0 N–H and O–H groups in total. The lowest BCUT2D eigenvalue weighted by molar-refractivity contribution is 0.195. The van der Waals surface area contributed by atoms with Crippen molar-refractivity contribution >= 4 is 83.0 Å². The maximum absolute atomic E-state index is 2.82. The van der Waals surface area contributed by atoms with Crippen LogP contribution in [0.5, 0.6) is 0 Å². The third-order valence-corrected chi connectivity index (χ3v) is 12.8. The molecule has 0 amide bonds. The number of benzene rings is 5. The Hall–Kier alpha value is -4.02. The molecule has 0 saturated heterocycles. The fraction of sp³-hybridized carbons (Fsp3) is 0.231. The number of thiophene rings is 1.